The first-order valence-electron chi connectivity index (χ1n) is 10.4. The van der Waals surface area contributed by atoms with E-state index < -0.39 is 5.60 Å². The normalized spacial score (nSPS) is 13.4. The van der Waals surface area contributed by atoms with Crippen LogP contribution in [0.4, 0.5) is 0 Å². The van der Waals surface area contributed by atoms with Crippen molar-refractivity contribution >= 4 is 5.78 Å². The standard InChI is InChI=1S/C25H34O4/c1-5-19-29-25(2,20-13-7-6-8-14-20)22-16-10-9-15-21(22)23(26)17-11-12-18-24(27-3)28-4/h6-10,13-16,24H,5,11-12,17-19H2,1-4H3. The van der Waals surface area contributed by atoms with E-state index >= 15 is 0 Å². The molecule has 4 nitrogen and oxygen atoms in total. The molecule has 0 bridgehead atoms. The summed E-state index contributed by atoms with van der Waals surface area (Å²) in [5.41, 5.74) is 2.05. The Labute approximate surface area is 175 Å². The number of ketones is 1. The van der Waals surface area contributed by atoms with Crippen LogP contribution in [0.3, 0.4) is 0 Å². The number of carbonyl (C=O) groups is 1. The van der Waals surface area contributed by atoms with Gasteiger partial charge in [-0.05, 0) is 43.7 Å². The van der Waals surface area contributed by atoms with E-state index in [1.54, 1.807) is 14.2 Å². The van der Waals surface area contributed by atoms with Crippen molar-refractivity contribution in [1.82, 2.24) is 0 Å². The third kappa shape index (κ3) is 6.23. The molecule has 0 aromatic heterocycles. The molecule has 2 aromatic carbocycles. The fourth-order valence-corrected chi connectivity index (χ4v) is 3.58. The van der Waals surface area contributed by atoms with Crippen molar-refractivity contribution in [3.8, 4) is 0 Å². The molecule has 1 unspecified atom stereocenters. The van der Waals surface area contributed by atoms with Crippen LogP contribution in [0.25, 0.3) is 0 Å². The minimum atomic E-state index is -0.666. The van der Waals surface area contributed by atoms with E-state index in [-0.39, 0.29) is 12.1 Å². The lowest BCUT2D eigenvalue weighted by Gasteiger charge is -2.32. The Hall–Kier alpha value is -2.01. The van der Waals surface area contributed by atoms with Gasteiger partial charge in [0.1, 0.15) is 5.60 Å². The SMILES string of the molecule is CCCOC(C)(c1ccccc1)c1ccccc1C(=O)CCCCC(OC)OC. The first-order valence-corrected chi connectivity index (χ1v) is 10.4. The molecule has 0 saturated heterocycles. The van der Waals surface area contributed by atoms with E-state index in [0.717, 1.165) is 42.4 Å². The number of Topliss-reactive ketones (excluding diaryl/α,β-unsaturated/α-hetero) is 1. The zero-order chi connectivity index (χ0) is 21.1. The number of hydrogen-bond donors (Lipinski definition) is 0. The zero-order valence-electron chi connectivity index (χ0n) is 18.1. The molecule has 0 heterocycles. The van der Waals surface area contributed by atoms with Gasteiger partial charge in [0, 0.05) is 32.8 Å². The molecule has 0 spiro atoms. The van der Waals surface area contributed by atoms with Gasteiger partial charge in [-0.3, -0.25) is 4.79 Å². The number of benzene rings is 2. The lowest BCUT2D eigenvalue weighted by Crippen LogP contribution is -2.30. The molecule has 2 aromatic rings. The fourth-order valence-electron chi connectivity index (χ4n) is 3.58. The van der Waals surface area contributed by atoms with Gasteiger partial charge in [-0.25, -0.2) is 0 Å². The van der Waals surface area contributed by atoms with E-state index in [2.05, 4.69) is 26.0 Å². The van der Waals surface area contributed by atoms with E-state index in [9.17, 15) is 4.79 Å². The third-order valence-electron chi connectivity index (χ3n) is 5.28. The summed E-state index contributed by atoms with van der Waals surface area (Å²) in [5.74, 6) is 0.147. The Morgan fingerprint density at radius 3 is 2.28 bits per heavy atom. The highest BCUT2D eigenvalue weighted by atomic mass is 16.7. The van der Waals surface area contributed by atoms with Crippen molar-refractivity contribution in [1.29, 1.82) is 0 Å². The lowest BCUT2D eigenvalue weighted by atomic mass is 9.83. The summed E-state index contributed by atoms with van der Waals surface area (Å²) in [4.78, 5) is 13.1. The number of rotatable bonds is 13. The summed E-state index contributed by atoms with van der Waals surface area (Å²) >= 11 is 0. The van der Waals surface area contributed by atoms with Crippen molar-refractivity contribution in [3.05, 3.63) is 71.3 Å². The molecule has 0 amide bonds. The quantitative estimate of drug-likeness (QED) is 0.245. The van der Waals surface area contributed by atoms with Gasteiger partial charge in [0.25, 0.3) is 0 Å². The summed E-state index contributed by atoms with van der Waals surface area (Å²) in [7, 11) is 3.27. The summed E-state index contributed by atoms with van der Waals surface area (Å²) in [6.07, 6.45) is 3.66. The van der Waals surface area contributed by atoms with E-state index in [0.29, 0.717) is 13.0 Å². The van der Waals surface area contributed by atoms with Gasteiger partial charge in [0.2, 0.25) is 0 Å². The number of hydrogen-bond acceptors (Lipinski definition) is 4. The van der Waals surface area contributed by atoms with Crippen LogP contribution in [-0.2, 0) is 19.8 Å². The van der Waals surface area contributed by atoms with Crippen LogP contribution in [0.1, 0.15) is 67.4 Å². The number of carbonyl (C=O) groups excluding carboxylic acids is 1. The molecule has 0 aliphatic rings. The van der Waals surface area contributed by atoms with Crippen molar-refractivity contribution in [3.63, 3.8) is 0 Å². The molecular formula is C25H34O4. The second-order valence-electron chi connectivity index (χ2n) is 7.36. The Morgan fingerprint density at radius 2 is 1.62 bits per heavy atom. The summed E-state index contributed by atoms with van der Waals surface area (Å²) < 4.78 is 16.8. The Morgan fingerprint density at radius 1 is 0.966 bits per heavy atom. The minimum Gasteiger partial charge on any atom is -0.366 e. The number of unbranched alkanes of at least 4 members (excludes halogenated alkanes) is 1. The first kappa shape index (κ1) is 23.3. The van der Waals surface area contributed by atoms with E-state index in [4.69, 9.17) is 14.2 Å². The predicted octanol–water partition coefficient (Wildman–Crippen LogP) is 5.74. The van der Waals surface area contributed by atoms with Crippen LogP contribution >= 0.6 is 0 Å². The molecule has 0 saturated carbocycles. The molecule has 0 aliphatic carbocycles. The summed E-state index contributed by atoms with van der Waals surface area (Å²) in [6.45, 7) is 4.78. The van der Waals surface area contributed by atoms with Crippen molar-refractivity contribution < 1.29 is 19.0 Å². The summed E-state index contributed by atoms with van der Waals surface area (Å²) in [6, 6.07) is 18.0. The average molecular weight is 399 g/mol. The van der Waals surface area contributed by atoms with Crippen LogP contribution in [0.15, 0.2) is 54.6 Å². The highest BCUT2D eigenvalue weighted by Gasteiger charge is 2.33. The van der Waals surface area contributed by atoms with Crippen molar-refractivity contribution in [2.45, 2.75) is 57.8 Å². The van der Waals surface area contributed by atoms with Crippen LogP contribution in [0.2, 0.25) is 0 Å². The predicted molar refractivity (Wildman–Crippen MR) is 116 cm³/mol. The molecule has 158 valence electrons. The topological polar surface area (TPSA) is 44.8 Å². The van der Waals surface area contributed by atoms with Crippen molar-refractivity contribution in [2.24, 2.45) is 0 Å². The van der Waals surface area contributed by atoms with Gasteiger partial charge in [0.15, 0.2) is 12.1 Å². The van der Waals surface area contributed by atoms with E-state index in [1.165, 1.54) is 0 Å². The molecule has 0 aliphatic heterocycles. The van der Waals surface area contributed by atoms with Crippen LogP contribution in [0.5, 0.6) is 0 Å². The summed E-state index contributed by atoms with van der Waals surface area (Å²) in [5, 5.41) is 0. The molecule has 2 rings (SSSR count). The molecule has 0 radical (unpaired) electrons. The Kier molecular flexibility index (Phi) is 9.52. The second kappa shape index (κ2) is 11.9. The second-order valence-corrected chi connectivity index (χ2v) is 7.36. The van der Waals surface area contributed by atoms with Gasteiger partial charge in [-0.15, -0.1) is 0 Å². The fraction of sp³-hybridized carbons (Fsp3) is 0.480. The molecule has 0 fully saturated rings. The van der Waals surface area contributed by atoms with E-state index in [1.807, 2.05) is 42.5 Å². The smallest absolute Gasteiger partial charge is 0.163 e. The van der Waals surface area contributed by atoms with Gasteiger partial charge in [-0.1, -0.05) is 61.5 Å². The first-order chi connectivity index (χ1) is 14.1. The minimum absolute atomic E-state index is 0.147. The van der Waals surface area contributed by atoms with Gasteiger partial charge >= 0.3 is 0 Å². The monoisotopic (exact) mass is 398 g/mol. The highest BCUT2D eigenvalue weighted by molar-refractivity contribution is 5.97. The molecule has 0 N–H and O–H groups in total. The Balaban J connectivity index is 2.21. The third-order valence-corrected chi connectivity index (χ3v) is 5.28. The molecule has 4 heteroatoms. The Bertz CT molecular complexity index is 739. The van der Waals surface area contributed by atoms with Gasteiger partial charge < -0.3 is 14.2 Å². The zero-order valence-corrected chi connectivity index (χ0v) is 18.1. The molecule has 1 atom stereocenters. The maximum atomic E-state index is 13.1. The number of methoxy groups -OCH3 is 2. The highest BCUT2D eigenvalue weighted by Crippen LogP contribution is 2.36. The largest absolute Gasteiger partial charge is 0.366 e. The maximum absolute atomic E-state index is 13.1. The van der Waals surface area contributed by atoms with Crippen LogP contribution in [0, 0.1) is 0 Å². The molecule has 29 heavy (non-hydrogen) atoms. The molecular weight excluding hydrogens is 364 g/mol. The van der Waals surface area contributed by atoms with Crippen LogP contribution < -0.4 is 0 Å². The maximum Gasteiger partial charge on any atom is 0.163 e. The van der Waals surface area contributed by atoms with Crippen molar-refractivity contribution in [2.75, 3.05) is 20.8 Å². The van der Waals surface area contributed by atoms with Gasteiger partial charge in [-0.2, -0.15) is 0 Å². The number of ether oxygens (including phenoxy) is 3. The average Bonchev–Trinajstić information content (AvgIpc) is 2.78. The van der Waals surface area contributed by atoms with Crippen LogP contribution in [-0.4, -0.2) is 32.9 Å². The van der Waals surface area contributed by atoms with Gasteiger partial charge in [0.05, 0.1) is 0 Å². The lowest BCUT2D eigenvalue weighted by molar-refractivity contribution is -0.107.